The van der Waals surface area contributed by atoms with E-state index < -0.39 is 5.34 Å². The molecular weight excluding hydrogens is 402 g/mol. The number of nitrogens with one attached hydrogen (secondary N) is 1. The van der Waals surface area contributed by atoms with E-state index in [1.165, 1.54) is 16.7 Å². The van der Waals surface area contributed by atoms with Crippen LogP contribution >= 0.6 is 0 Å². The molecule has 0 fully saturated rings. The molecule has 2 aromatic carbocycles. The van der Waals surface area contributed by atoms with Gasteiger partial charge >= 0.3 is 0 Å². The molecule has 6 heteroatoms. The average Bonchev–Trinajstić information content (AvgIpc) is 3.22. The lowest BCUT2D eigenvalue weighted by Crippen LogP contribution is -2.53. The van der Waals surface area contributed by atoms with Crippen molar-refractivity contribution in [2.45, 2.75) is 52.3 Å². The Morgan fingerprint density at radius 3 is 2.52 bits per heavy atom. The van der Waals surface area contributed by atoms with Gasteiger partial charge in [0, 0.05) is 35.3 Å². The smallest absolute Gasteiger partial charge is 0.0966 e. The molecule has 1 N–H and O–H groups in total. The van der Waals surface area contributed by atoms with Crippen LogP contribution < -0.4 is 4.90 Å². The standard InChI is InChI=1S/C27H28B2N4/c1-15(2)19-8-6-16(3)24(13-19)33-11-10-22-26(27(33,28)29)18(5)12-23(31-22)25-17(4)7-9-21-20(25)14-30-32-21/h6-9,12-15H,10-11H2,1-5H3,(H,30,32). The van der Waals surface area contributed by atoms with Gasteiger partial charge in [0.25, 0.3) is 0 Å². The van der Waals surface area contributed by atoms with Gasteiger partial charge in [0.1, 0.15) is 0 Å². The Balaban J connectivity index is 1.63. The Kier molecular flexibility index (Phi) is 5.15. The van der Waals surface area contributed by atoms with Crippen LogP contribution in [0.2, 0.25) is 0 Å². The van der Waals surface area contributed by atoms with Crippen LogP contribution in [0.15, 0.2) is 42.6 Å². The Labute approximate surface area is 198 Å². The predicted molar refractivity (Wildman–Crippen MR) is 138 cm³/mol. The highest BCUT2D eigenvalue weighted by molar-refractivity contribution is 6.42. The molecule has 1 aliphatic heterocycles. The summed E-state index contributed by atoms with van der Waals surface area (Å²) in [5, 5.41) is 7.23. The second kappa shape index (κ2) is 7.79. The maximum absolute atomic E-state index is 6.90. The first kappa shape index (κ1) is 21.8. The largest absolute Gasteiger partial charge is 0.378 e. The van der Waals surface area contributed by atoms with Gasteiger partial charge in [-0.1, -0.05) is 32.0 Å². The minimum atomic E-state index is -1.14. The molecular formula is C27H28B2N4. The normalized spacial score (nSPS) is 15.3. The van der Waals surface area contributed by atoms with Crippen LogP contribution in [0.25, 0.3) is 22.2 Å². The number of hydrogen-bond donors (Lipinski definition) is 1. The fraction of sp³-hybridized carbons (Fsp3) is 0.333. The number of pyridine rings is 1. The molecule has 4 aromatic rings. The monoisotopic (exact) mass is 430 g/mol. The third-order valence-corrected chi connectivity index (χ3v) is 6.99. The predicted octanol–water partition coefficient (Wildman–Crippen LogP) is 5.18. The van der Waals surface area contributed by atoms with Crippen molar-refractivity contribution in [3.63, 3.8) is 0 Å². The van der Waals surface area contributed by atoms with Crippen LogP contribution in [0, 0.1) is 20.8 Å². The van der Waals surface area contributed by atoms with E-state index in [9.17, 15) is 0 Å². The molecule has 0 spiro atoms. The summed E-state index contributed by atoms with van der Waals surface area (Å²) in [6.45, 7) is 11.4. The van der Waals surface area contributed by atoms with Crippen molar-refractivity contribution in [3.05, 3.63) is 76.1 Å². The quantitative estimate of drug-likeness (QED) is 0.456. The zero-order valence-electron chi connectivity index (χ0n) is 20.0. The van der Waals surface area contributed by atoms with E-state index in [1.807, 2.05) is 6.20 Å². The highest BCUT2D eigenvalue weighted by Crippen LogP contribution is 2.40. The summed E-state index contributed by atoms with van der Waals surface area (Å²) in [6, 6.07) is 12.9. The Hall–Kier alpha value is -3.01. The van der Waals surface area contributed by atoms with Crippen molar-refractivity contribution in [1.82, 2.24) is 15.2 Å². The fourth-order valence-electron chi connectivity index (χ4n) is 5.19. The number of H-pyrrole nitrogens is 1. The summed E-state index contributed by atoms with van der Waals surface area (Å²) in [4.78, 5) is 7.24. The topological polar surface area (TPSA) is 44.8 Å². The summed E-state index contributed by atoms with van der Waals surface area (Å²) >= 11 is 0. The van der Waals surface area contributed by atoms with Gasteiger partial charge in [-0.2, -0.15) is 5.10 Å². The van der Waals surface area contributed by atoms with Gasteiger partial charge < -0.3 is 4.90 Å². The first-order valence-electron chi connectivity index (χ1n) is 11.6. The van der Waals surface area contributed by atoms with E-state index in [0.29, 0.717) is 12.5 Å². The molecule has 4 radical (unpaired) electrons. The molecule has 0 saturated carbocycles. The number of aryl methyl sites for hydroxylation is 3. The van der Waals surface area contributed by atoms with Crippen molar-refractivity contribution in [1.29, 1.82) is 0 Å². The lowest BCUT2D eigenvalue weighted by Gasteiger charge is -2.48. The summed E-state index contributed by atoms with van der Waals surface area (Å²) in [5.74, 6) is 0.436. The van der Waals surface area contributed by atoms with Gasteiger partial charge in [0.05, 0.1) is 33.1 Å². The van der Waals surface area contributed by atoms with Crippen molar-refractivity contribution in [3.8, 4) is 11.3 Å². The molecule has 0 bridgehead atoms. The van der Waals surface area contributed by atoms with E-state index in [4.69, 9.17) is 20.7 Å². The lowest BCUT2D eigenvalue weighted by atomic mass is 9.54. The van der Waals surface area contributed by atoms with Crippen molar-refractivity contribution in [2.24, 2.45) is 0 Å². The van der Waals surface area contributed by atoms with Crippen molar-refractivity contribution >= 4 is 32.3 Å². The molecule has 33 heavy (non-hydrogen) atoms. The summed E-state index contributed by atoms with van der Waals surface area (Å²) in [6.07, 6.45) is 2.66. The Morgan fingerprint density at radius 1 is 1.00 bits per heavy atom. The number of aromatic nitrogens is 3. The van der Waals surface area contributed by atoms with E-state index in [0.717, 1.165) is 51.1 Å². The summed E-state index contributed by atoms with van der Waals surface area (Å²) in [7, 11) is 13.8. The minimum absolute atomic E-state index is 0.436. The van der Waals surface area contributed by atoms with Gasteiger partial charge in [-0.05, 0) is 78.0 Å². The molecule has 0 saturated heterocycles. The molecule has 0 amide bonds. The van der Waals surface area contributed by atoms with E-state index in [2.05, 4.69) is 86.1 Å². The van der Waals surface area contributed by atoms with Crippen LogP contribution in [-0.2, 0) is 11.8 Å². The molecule has 0 unspecified atom stereocenters. The molecule has 3 heterocycles. The summed E-state index contributed by atoms with van der Waals surface area (Å²) < 4.78 is 0. The van der Waals surface area contributed by atoms with Gasteiger partial charge in [-0.25, -0.2) is 0 Å². The van der Waals surface area contributed by atoms with Gasteiger partial charge in [0.15, 0.2) is 0 Å². The first-order valence-corrected chi connectivity index (χ1v) is 11.6. The molecule has 0 aliphatic carbocycles. The second-order valence-electron chi connectivity index (χ2n) is 9.66. The molecule has 162 valence electrons. The zero-order valence-corrected chi connectivity index (χ0v) is 20.0. The van der Waals surface area contributed by atoms with E-state index in [1.54, 1.807) is 0 Å². The number of fused-ring (bicyclic) bond motifs is 2. The Morgan fingerprint density at radius 2 is 1.76 bits per heavy atom. The number of hydrogen-bond acceptors (Lipinski definition) is 3. The van der Waals surface area contributed by atoms with Crippen LogP contribution in [0.5, 0.6) is 0 Å². The third-order valence-electron chi connectivity index (χ3n) is 6.99. The molecule has 2 aromatic heterocycles. The molecule has 1 aliphatic rings. The number of anilines is 1. The summed E-state index contributed by atoms with van der Waals surface area (Å²) in [5.41, 5.74) is 10.7. The number of aromatic amines is 1. The highest BCUT2D eigenvalue weighted by Gasteiger charge is 2.36. The van der Waals surface area contributed by atoms with Crippen LogP contribution in [-0.4, -0.2) is 37.4 Å². The number of rotatable bonds is 3. The maximum atomic E-state index is 6.90. The fourth-order valence-corrected chi connectivity index (χ4v) is 5.19. The van der Waals surface area contributed by atoms with Gasteiger partial charge in [-0.15, -0.1) is 0 Å². The van der Waals surface area contributed by atoms with Crippen molar-refractivity contribution < 1.29 is 0 Å². The van der Waals surface area contributed by atoms with Crippen molar-refractivity contribution in [2.75, 3.05) is 11.4 Å². The number of nitrogens with zero attached hydrogens (tertiary/aromatic N) is 3. The molecule has 0 atom stereocenters. The highest BCUT2D eigenvalue weighted by atomic mass is 15.2. The second-order valence-corrected chi connectivity index (χ2v) is 9.66. The maximum Gasteiger partial charge on any atom is 0.0966 e. The van der Waals surface area contributed by atoms with E-state index >= 15 is 0 Å². The zero-order chi connectivity index (χ0) is 23.5. The third kappa shape index (κ3) is 3.47. The Bertz CT molecular complexity index is 1370. The lowest BCUT2D eigenvalue weighted by molar-refractivity contribution is 0.642. The van der Waals surface area contributed by atoms with Crippen LogP contribution in [0.1, 0.15) is 53.3 Å². The molecule has 5 rings (SSSR count). The van der Waals surface area contributed by atoms with Gasteiger partial charge in [0.2, 0.25) is 0 Å². The van der Waals surface area contributed by atoms with Crippen LogP contribution in [0.3, 0.4) is 0 Å². The SMILES string of the molecule is [B]C1([B])c2c(C)cc(-c3c(C)ccc4[nH]ncc34)nc2CCN1c1cc(C(C)C)ccc1C. The molecule has 4 nitrogen and oxygen atoms in total. The minimum Gasteiger partial charge on any atom is -0.378 e. The van der Waals surface area contributed by atoms with Crippen LogP contribution in [0.4, 0.5) is 5.69 Å². The average molecular weight is 430 g/mol. The van der Waals surface area contributed by atoms with E-state index in [-0.39, 0.29) is 0 Å². The van der Waals surface area contributed by atoms with Gasteiger partial charge in [-0.3, -0.25) is 10.1 Å². The number of benzene rings is 2. The first-order chi connectivity index (χ1) is 15.7.